The number of piperidine rings is 1. The lowest BCUT2D eigenvalue weighted by atomic mass is 9.82. The van der Waals surface area contributed by atoms with E-state index in [1.165, 1.54) is 6.07 Å². The summed E-state index contributed by atoms with van der Waals surface area (Å²) in [7, 11) is 1.56. The van der Waals surface area contributed by atoms with Gasteiger partial charge >= 0.3 is 0 Å². The van der Waals surface area contributed by atoms with E-state index < -0.39 is 23.7 Å². The van der Waals surface area contributed by atoms with Gasteiger partial charge in [0.2, 0.25) is 5.91 Å². The minimum atomic E-state index is -0.630. The van der Waals surface area contributed by atoms with E-state index in [1.807, 2.05) is 24.3 Å². The summed E-state index contributed by atoms with van der Waals surface area (Å²) in [5, 5.41) is 5.67. The third kappa shape index (κ3) is 6.03. The van der Waals surface area contributed by atoms with Crippen LogP contribution < -0.4 is 10.6 Å². The van der Waals surface area contributed by atoms with E-state index in [0.29, 0.717) is 41.8 Å². The normalized spacial score (nSPS) is 17.4. The molecule has 1 fully saturated rings. The standard InChI is InChI=1S/C32H36FN3O3/c1-20-9-6-13-26(33)27(20)31(39)36-18-8-12-25(28(36)21-14-16-22(17-15-21)29(37)34-5)30(38)35-24-11-7-10-23(19-24)32(2,3)4/h6-7,9-11,13-17,19,25,28H,8,12,18H2,1-5H3,(H,34,37)(H,35,38)/t25-,28-/m0/s1. The maximum absolute atomic E-state index is 14.9. The van der Waals surface area contributed by atoms with Gasteiger partial charge in [-0.25, -0.2) is 4.39 Å². The molecule has 0 aromatic heterocycles. The lowest BCUT2D eigenvalue weighted by Gasteiger charge is -2.41. The van der Waals surface area contributed by atoms with Gasteiger partial charge in [0.1, 0.15) is 5.82 Å². The first-order valence-electron chi connectivity index (χ1n) is 13.3. The average Bonchev–Trinajstić information content (AvgIpc) is 2.91. The summed E-state index contributed by atoms with van der Waals surface area (Å²) in [5.74, 6) is -2.03. The van der Waals surface area contributed by atoms with Crippen molar-refractivity contribution in [2.24, 2.45) is 5.92 Å². The fourth-order valence-electron chi connectivity index (χ4n) is 5.23. The zero-order valence-corrected chi connectivity index (χ0v) is 23.2. The number of likely N-dealkylation sites (tertiary alicyclic amines) is 1. The molecule has 3 aromatic carbocycles. The highest BCUT2D eigenvalue weighted by Gasteiger charge is 2.40. The molecule has 1 saturated heterocycles. The van der Waals surface area contributed by atoms with Crippen molar-refractivity contribution in [3.05, 3.63) is 100 Å². The highest BCUT2D eigenvalue weighted by Crippen LogP contribution is 2.39. The molecule has 0 saturated carbocycles. The summed E-state index contributed by atoms with van der Waals surface area (Å²) in [4.78, 5) is 41.3. The van der Waals surface area contributed by atoms with Crippen LogP contribution in [0.3, 0.4) is 0 Å². The number of amides is 3. The second-order valence-corrected chi connectivity index (χ2v) is 11.1. The fourth-order valence-corrected chi connectivity index (χ4v) is 5.23. The Morgan fingerprint density at radius 3 is 2.31 bits per heavy atom. The number of aryl methyl sites for hydroxylation is 1. The van der Waals surface area contributed by atoms with E-state index in [0.717, 1.165) is 5.56 Å². The summed E-state index contributed by atoms with van der Waals surface area (Å²) in [5.41, 5.74) is 3.45. The molecule has 2 N–H and O–H groups in total. The highest BCUT2D eigenvalue weighted by molar-refractivity contribution is 5.98. The van der Waals surface area contributed by atoms with Crippen molar-refractivity contribution in [3.8, 4) is 0 Å². The minimum Gasteiger partial charge on any atom is -0.355 e. The predicted molar refractivity (Wildman–Crippen MR) is 151 cm³/mol. The molecule has 3 aromatic rings. The molecule has 1 heterocycles. The second-order valence-electron chi connectivity index (χ2n) is 11.1. The Kier molecular flexibility index (Phi) is 8.19. The number of halogens is 1. The number of benzene rings is 3. The molecule has 6 nitrogen and oxygen atoms in total. The van der Waals surface area contributed by atoms with Gasteiger partial charge in [0, 0.05) is 24.8 Å². The Bertz CT molecular complexity index is 1360. The largest absolute Gasteiger partial charge is 0.355 e. The van der Waals surface area contributed by atoms with Crippen LogP contribution in [0.1, 0.15) is 77.1 Å². The maximum Gasteiger partial charge on any atom is 0.257 e. The van der Waals surface area contributed by atoms with Crippen molar-refractivity contribution < 1.29 is 18.8 Å². The molecule has 0 bridgehead atoms. The number of rotatable bonds is 5. The van der Waals surface area contributed by atoms with E-state index in [1.54, 1.807) is 55.3 Å². The third-order valence-electron chi connectivity index (χ3n) is 7.40. The van der Waals surface area contributed by atoms with Crippen molar-refractivity contribution in [3.63, 3.8) is 0 Å². The first kappa shape index (κ1) is 28.0. The van der Waals surface area contributed by atoms with Crippen LogP contribution in [0.4, 0.5) is 10.1 Å². The molecule has 39 heavy (non-hydrogen) atoms. The zero-order valence-electron chi connectivity index (χ0n) is 23.2. The number of hydrogen-bond donors (Lipinski definition) is 2. The van der Waals surface area contributed by atoms with Gasteiger partial charge in [0.15, 0.2) is 0 Å². The number of nitrogens with zero attached hydrogens (tertiary/aromatic N) is 1. The van der Waals surface area contributed by atoms with Gasteiger partial charge in [0.25, 0.3) is 11.8 Å². The number of nitrogens with one attached hydrogen (secondary N) is 2. The molecule has 0 radical (unpaired) electrons. The molecule has 204 valence electrons. The number of anilines is 1. The molecule has 4 rings (SSSR count). The molecular formula is C32H36FN3O3. The maximum atomic E-state index is 14.9. The summed E-state index contributed by atoms with van der Waals surface area (Å²) >= 11 is 0. The van der Waals surface area contributed by atoms with Gasteiger partial charge in [-0.3, -0.25) is 14.4 Å². The van der Waals surface area contributed by atoms with Crippen LogP contribution in [-0.2, 0) is 10.2 Å². The predicted octanol–water partition coefficient (Wildman–Crippen LogP) is 6.02. The molecule has 0 aliphatic carbocycles. The van der Waals surface area contributed by atoms with E-state index in [-0.39, 0.29) is 22.8 Å². The van der Waals surface area contributed by atoms with Gasteiger partial charge in [-0.05, 0) is 72.2 Å². The summed E-state index contributed by atoms with van der Waals surface area (Å²) in [6, 6.07) is 18.6. The first-order valence-corrected chi connectivity index (χ1v) is 13.3. The molecule has 0 spiro atoms. The number of carbonyl (C=O) groups excluding carboxylic acids is 3. The van der Waals surface area contributed by atoms with E-state index in [2.05, 4.69) is 31.4 Å². The van der Waals surface area contributed by atoms with E-state index in [9.17, 15) is 18.8 Å². The topological polar surface area (TPSA) is 78.5 Å². The SMILES string of the molecule is CNC(=O)c1ccc([C@H]2[C@@H](C(=O)Nc3cccc(C(C)(C)C)c3)CCCN2C(=O)c2c(C)cccc2F)cc1. The van der Waals surface area contributed by atoms with Crippen molar-refractivity contribution >= 4 is 23.4 Å². The first-order chi connectivity index (χ1) is 18.5. The van der Waals surface area contributed by atoms with Crippen LogP contribution in [0.2, 0.25) is 0 Å². The molecule has 2 atom stereocenters. The zero-order chi connectivity index (χ0) is 28.3. The van der Waals surface area contributed by atoms with Gasteiger partial charge in [-0.1, -0.05) is 57.2 Å². The van der Waals surface area contributed by atoms with Crippen LogP contribution in [0, 0.1) is 18.7 Å². The van der Waals surface area contributed by atoms with Crippen LogP contribution in [0.15, 0.2) is 66.7 Å². The summed E-state index contributed by atoms with van der Waals surface area (Å²) < 4.78 is 14.9. The lowest BCUT2D eigenvalue weighted by molar-refractivity contribution is -0.123. The van der Waals surface area contributed by atoms with Gasteiger partial charge in [-0.2, -0.15) is 0 Å². The smallest absolute Gasteiger partial charge is 0.257 e. The van der Waals surface area contributed by atoms with E-state index in [4.69, 9.17) is 0 Å². The quantitative estimate of drug-likeness (QED) is 0.424. The van der Waals surface area contributed by atoms with Crippen LogP contribution >= 0.6 is 0 Å². The molecule has 1 aliphatic rings. The molecule has 0 unspecified atom stereocenters. The highest BCUT2D eigenvalue weighted by atomic mass is 19.1. The lowest BCUT2D eigenvalue weighted by Crippen LogP contribution is -2.46. The van der Waals surface area contributed by atoms with Crippen LogP contribution in [0.25, 0.3) is 0 Å². The van der Waals surface area contributed by atoms with E-state index >= 15 is 0 Å². The Hall–Kier alpha value is -4.00. The van der Waals surface area contributed by atoms with Crippen molar-refractivity contribution in [2.75, 3.05) is 18.9 Å². The van der Waals surface area contributed by atoms with Crippen LogP contribution in [0.5, 0.6) is 0 Å². The van der Waals surface area contributed by atoms with Crippen molar-refractivity contribution in [1.82, 2.24) is 10.2 Å². The Balaban J connectivity index is 1.73. The minimum absolute atomic E-state index is 0.0171. The number of hydrogen-bond acceptors (Lipinski definition) is 3. The fraction of sp³-hybridized carbons (Fsp3) is 0.344. The monoisotopic (exact) mass is 529 g/mol. The van der Waals surface area contributed by atoms with Gasteiger partial charge < -0.3 is 15.5 Å². The third-order valence-corrected chi connectivity index (χ3v) is 7.40. The average molecular weight is 530 g/mol. The molecule has 7 heteroatoms. The van der Waals surface area contributed by atoms with Crippen molar-refractivity contribution in [2.45, 2.75) is 52.0 Å². The van der Waals surface area contributed by atoms with Crippen molar-refractivity contribution in [1.29, 1.82) is 0 Å². The Labute approximate surface area is 229 Å². The van der Waals surface area contributed by atoms with Gasteiger partial charge in [-0.15, -0.1) is 0 Å². The van der Waals surface area contributed by atoms with Gasteiger partial charge in [0.05, 0.1) is 17.5 Å². The Morgan fingerprint density at radius 2 is 1.67 bits per heavy atom. The van der Waals surface area contributed by atoms with Crippen LogP contribution in [-0.4, -0.2) is 36.2 Å². The summed E-state index contributed by atoms with van der Waals surface area (Å²) in [6.07, 6.45) is 1.17. The summed E-state index contributed by atoms with van der Waals surface area (Å²) in [6.45, 7) is 8.43. The Morgan fingerprint density at radius 1 is 0.974 bits per heavy atom. The molecule has 1 aliphatic heterocycles. The second kappa shape index (κ2) is 11.4. The molecular weight excluding hydrogens is 493 g/mol. The molecule has 3 amide bonds. The number of carbonyl (C=O) groups is 3.